The van der Waals surface area contributed by atoms with Crippen LogP contribution in [-0.4, -0.2) is 32.9 Å². The van der Waals surface area contributed by atoms with E-state index >= 15 is 0 Å². The standard InChI is InChI=1S/C17H19ClN2O3S2/c1-25(22,23)20-16-4-2-3-14(11-16)17(21)19-9-10-24-12-13-5-7-15(18)8-6-13/h2-8,11,20H,9-10,12H2,1H3,(H,19,21). The summed E-state index contributed by atoms with van der Waals surface area (Å²) in [5, 5.41) is 3.54. The number of hydrogen-bond donors (Lipinski definition) is 2. The Morgan fingerprint density at radius 3 is 2.56 bits per heavy atom. The van der Waals surface area contributed by atoms with E-state index in [4.69, 9.17) is 11.6 Å². The molecule has 0 saturated heterocycles. The fraction of sp³-hybridized carbons (Fsp3) is 0.235. The van der Waals surface area contributed by atoms with Gasteiger partial charge in [-0.15, -0.1) is 0 Å². The van der Waals surface area contributed by atoms with Crippen LogP contribution >= 0.6 is 23.4 Å². The molecule has 2 N–H and O–H groups in total. The number of nitrogens with one attached hydrogen (secondary N) is 2. The maximum absolute atomic E-state index is 12.1. The zero-order valence-electron chi connectivity index (χ0n) is 13.7. The number of amides is 1. The molecule has 0 aliphatic heterocycles. The Morgan fingerprint density at radius 1 is 1.16 bits per heavy atom. The van der Waals surface area contributed by atoms with Crippen LogP contribution in [0.1, 0.15) is 15.9 Å². The van der Waals surface area contributed by atoms with Gasteiger partial charge in [0.05, 0.1) is 6.26 Å². The second-order valence-corrected chi connectivity index (χ2v) is 8.68. The average molecular weight is 399 g/mol. The van der Waals surface area contributed by atoms with Crippen LogP contribution in [0.15, 0.2) is 48.5 Å². The number of anilines is 1. The first-order valence-electron chi connectivity index (χ1n) is 7.52. The summed E-state index contributed by atoms with van der Waals surface area (Å²) in [4.78, 5) is 12.1. The molecule has 25 heavy (non-hydrogen) atoms. The van der Waals surface area contributed by atoms with Crippen LogP contribution in [0.25, 0.3) is 0 Å². The summed E-state index contributed by atoms with van der Waals surface area (Å²) < 4.78 is 24.8. The molecule has 0 bridgehead atoms. The zero-order valence-corrected chi connectivity index (χ0v) is 16.0. The van der Waals surface area contributed by atoms with Gasteiger partial charge < -0.3 is 5.32 Å². The van der Waals surface area contributed by atoms with Crippen LogP contribution in [0.3, 0.4) is 0 Å². The fourth-order valence-corrected chi connectivity index (χ4v) is 3.55. The number of carbonyl (C=O) groups excluding carboxylic acids is 1. The van der Waals surface area contributed by atoms with Gasteiger partial charge in [0.25, 0.3) is 5.91 Å². The second kappa shape index (κ2) is 9.12. The first kappa shape index (κ1) is 19.6. The summed E-state index contributed by atoms with van der Waals surface area (Å²) in [7, 11) is -3.37. The molecule has 0 radical (unpaired) electrons. The van der Waals surface area contributed by atoms with E-state index < -0.39 is 10.0 Å². The lowest BCUT2D eigenvalue weighted by atomic mass is 10.2. The molecule has 0 aromatic heterocycles. The van der Waals surface area contributed by atoms with Gasteiger partial charge in [-0.1, -0.05) is 29.8 Å². The van der Waals surface area contributed by atoms with Crippen molar-refractivity contribution in [2.75, 3.05) is 23.3 Å². The van der Waals surface area contributed by atoms with Crippen LogP contribution < -0.4 is 10.0 Å². The largest absolute Gasteiger partial charge is 0.351 e. The molecule has 0 atom stereocenters. The normalized spacial score (nSPS) is 11.1. The molecule has 0 aliphatic carbocycles. The van der Waals surface area contributed by atoms with Crippen molar-refractivity contribution in [2.24, 2.45) is 0 Å². The van der Waals surface area contributed by atoms with Gasteiger partial charge in [-0.2, -0.15) is 11.8 Å². The number of carbonyl (C=O) groups is 1. The highest BCUT2D eigenvalue weighted by atomic mass is 35.5. The van der Waals surface area contributed by atoms with E-state index in [-0.39, 0.29) is 5.91 Å². The number of sulfonamides is 1. The van der Waals surface area contributed by atoms with E-state index in [2.05, 4.69) is 10.0 Å². The molecule has 2 aromatic rings. The van der Waals surface area contributed by atoms with Crippen molar-refractivity contribution in [3.63, 3.8) is 0 Å². The number of benzene rings is 2. The minimum absolute atomic E-state index is 0.232. The summed E-state index contributed by atoms with van der Waals surface area (Å²) >= 11 is 7.55. The molecule has 0 fully saturated rings. The van der Waals surface area contributed by atoms with Crippen molar-refractivity contribution in [1.82, 2.24) is 5.32 Å². The molecule has 5 nitrogen and oxygen atoms in total. The predicted octanol–water partition coefficient (Wildman–Crippen LogP) is 3.37. The Kier molecular flexibility index (Phi) is 7.16. The third-order valence-corrected chi connectivity index (χ3v) is 5.03. The monoisotopic (exact) mass is 398 g/mol. The highest BCUT2D eigenvalue weighted by Gasteiger charge is 2.08. The van der Waals surface area contributed by atoms with Crippen LogP contribution in [0, 0.1) is 0 Å². The Morgan fingerprint density at radius 2 is 1.88 bits per heavy atom. The highest BCUT2D eigenvalue weighted by Crippen LogP contribution is 2.15. The van der Waals surface area contributed by atoms with Crippen molar-refractivity contribution >= 4 is 45.0 Å². The summed E-state index contributed by atoms with van der Waals surface area (Å²) in [6.45, 7) is 0.529. The molecule has 2 aromatic carbocycles. The SMILES string of the molecule is CS(=O)(=O)Nc1cccc(C(=O)NCCSCc2ccc(Cl)cc2)c1. The van der Waals surface area contributed by atoms with Crippen molar-refractivity contribution in [3.05, 3.63) is 64.7 Å². The summed E-state index contributed by atoms with van der Waals surface area (Å²) in [6.07, 6.45) is 1.07. The first-order valence-corrected chi connectivity index (χ1v) is 10.9. The maximum Gasteiger partial charge on any atom is 0.251 e. The van der Waals surface area contributed by atoms with E-state index in [9.17, 15) is 13.2 Å². The molecule has 0 spiro atoms. The predicted molar refractivity (Wildman–Crippen MR) is 105 cm³/mol. The highest BCUT2D eigenvalue weighted by molar-refractivity contribution is 7.98. The third-order valence-electron chi connectivity index (χ3n) is 3.14. The number of hydrogen-bond acceptors (Lipinski definition) is 4. The Hall–Kier alpha value is -1.70. The van der Waals surface area contributed by atoms with Crippen molar-refractivity contribution < 1.29 is 13.2 Å². The molecule has 0 unspecified atom stereocenters. The topological polar surface area (TPSA) is 75.3 Å². The lowest BCUT2D eigenvalue weighted by Gasteiger charge is -2.08. The van der Waals surface area contributed by atoms with Gasteiger partial charge in [0, 0.05) is 34.3 Å². The zero-order chi connectivity index (χ0) is 18.3. The van der Waals surface area contributed by atoms with Crippen molar-refractivity contribution in [2.45, 2.75) is 5.75 Å². The van der Waals surface area contributed by atoms with Gasteiger partial charge in [0.1, 0.15) is 0 Å². The molecular weight excluding hydrogens is 380 g/mol. The maximum atomic E-state index is 12.1. The van der Waals surface area contributed by atoms with Crippen molar-refractivity contribution in [1.29, 1.82) is 0 Å². The molecule has 2 rings (SSSR count). The number of rotatable bonds is 8. The van der Waals surface area contributed by atoms with Crippen LogP contribution in [-0.2, 0) is 15.8 Å². The van der Waals surface area contributed by atoms with Gasteiger partial charge in [0.2, 0.25) is 10.0 Å². The lowest BCUT2D eigenvalue weighted by molar-refractivity contribution is 0.0956. The first-order chi connectivity index (χ1) is 11.8. The van der Waals surface area contributed by atoms with E-state index in [1.54, 1.807) is 30.0 Å². The molecule has 0 heterocycles. The minimum atomic E-state index is -3.37. The van der Waals surface area contributed by atoms with E-state index in [0.29, 0.717) is 22.8 Å². The molecule has 0 saturated carbocycles. The number of thioether (sulfide) groups is 1. The summed E-state index contributed by atoms with van der Waals surface area (Å²) in [5.41, 5.74) is 1.96. The Labute approximate surface area is 157 Å². The number of halogens is 1. The second-order valence-electron chi connectivity index (χ2n) is 5.39. The summed E-state index contributed by atoms with van der Waals surface area (Å²) in [6, 6.07) is 14.1. The smallest absolute Gasteiger partial charge is 0.251 e. The van der Waals surface area contributed by atoms with Crippen LogP contribution in [0.4, 0.5) is 5.69 Å². The molecule has 0 aliphatic rings. The van der Waals surface area contributed by atoms with E-state index in [1.165, 1.54) is 11.6 Å². The minimum Gasteiger partial charge on any atom is -0.351 e. The van der Waals surface area contributed by atoms with E-state index in [0.717, 1.165) is 17.8 Å². The van der Waals surface area contributed by atoms with Crippen LogP contribution in [0.5, 0.6) is 0 Å². The lowest BCUT2D eigenvalue weighted by Crippen LogP contribution is -2.25. The third kappa shape index (κ3) is 7.37. The van der Waals surface area contributed by atoms with Gasteiger partial charge in [-0.05, 0) is 35.9 Å². The van der Waals surface area contributed by atoms with Gasteiger partial charge in [0.15, 0.2) is 0 Å². The molecule has 8 heteroatoms. The van der Waals surface area contributed by atoms with Gasteiger partial charge in [-0.3, -0.25) is 9.52 Å². The van der Waals surface area contributed by atoms with E-state index in [1.807, 2.05) is 24.3 Å². The Balaban J connectivity index is 1.76. The molecule has 134 valence electrons. The van der Waals surface area contributed by atoms with Crippen molar-refractivity contribution in [3.8, 4) is 0 Å². The molecule has 1 amide bonds. The van der Waals surface area contributed by atoms with Crippen LogP contribution in [0.2, 0.25) is 5.02 Å². The fourth-order valence-electron chi connectivity index (χ4n) is 2.05. The summed E-state index contributed by atoms with van der Waals surface area (Å²) in [5.74, 6) is 1.39. The quantitative estimate of drug-likeness (QED) is 0.668. The van der Waals surface area contributed by atoms with Gasteiger partial charge in [-0.25, -0.2) is 8.42 Å². The average Bonchev–Trinajstić information content (AvgIpc) is 2.55. The van der Waals surface area contributed by atoms with Gasteiger partial charge >= 0.3 is 0 Å². The molecular formula is C17H19ClN2O3S2. The Bertz CT molecular complexity index is 824.